The second-order valence-electron chi connectivity index (χ2n) is 3.30. The zero-order chi connectivity index (χ0) is 10.7. The minimum Gasteiger partial charge on any atom is -0.367 e. The number of hydrogen-bond acceptors (Lipinski definition) is 5. The van der Waals surface area contributed by atoms with E-state index in [0.717, 1.165) is 24.5 Å². The van der Waals surface area contributed by atoms with Crippen LogP contribution in [0.25, 0.3) is 10.6 Å². The van der Waals surface area contributed by atoms with Crippen LogP contribution in [0.5, 0.6) is 0 Å². The standard InChI is InChI=1S/C10H13N3S2/c1-3-6-11-10-9(12-15-13-10)8-5-4-7(2)14-8/h4-5H,3,6H2,1-2H3,(H,11,13). The molecule has 0 spiro atoms. The third-order valence-electron chi connectivity index (χ3n) is 2.00. The molecule has 0 bridgehead atoms. The molecule has 0 aliphatic carbocycles. The van der Waals surface area contributed by atoms with Crippen molar-refractivity contribution in [3.05, 3.63) is 17.0 Å². The monoisotopic (exact) mass is 239 g/mol. The molecule has 0 aromatic carbocycles. The van der Waals surface area contributed by atoms with Crippen molar-refractivity contribution in [2.24, 2.45) is 0 Å². The average molecular weight is 239 g/mol. The molecule has 0 amide bonds. The lowest BCUT2D eigenvalue weighted by atomic mass is 10.3. The van der Waals surface area contributed by atoms with Gasteiger partial charge in [-0.1, -0.05) is 6.92 Å². The molecule has 1 N–H and O–H groups in total. The van der Waals surface area contributed by atoms with Crippen molar-refractivity contribution < 1.29 is 0 Å². The van der Waals surface area contributed by atoms with Crippen molar-refractivity contribution in [2.75, 3.05) is 11.9 Å². The van der Waals surface area contributed by atoms with Crippen molar-refractivity contribution in [1.82, 2.24) is 8.75 Å². The van der Waals surface area contributed by atoms with Crippen LogP contribution in [0.3, 0.4) is 0 Å². The van der Waals surface area contributed by atoms with Crippen LogP contribution >= 0.6 is 23.1 Å². The van der Waals surface area contributed by atoms with E-state index in [1.807, 2.05) is 0 Å². The predicted octanol–water partition coefficient (Wildman–Crippen LogP) is 3.40. The zero-order valence-electron chi connectivity index (χ0n) is 8.78. The number of hydrogen-bond donors (Lipinski definition) is 1. The first kappa shape index (κ1) is 10.6. The van der Waals surface area contributed by atoms with Crippen molar-refractivity contribution in [3.8, 4) is 10.6 Å². The Balaban J connectivity index is 2.24. The lowest BCUT2D eigenvalue weighted by Gasteiger charge is -2.00. The Hall–Kier alpha value is -0.940. The first-order chi connectivity index (χ1) is 7.31. The largest absolute Gasteiger partial charge is 0.367 e. The summed E-state index contributed by atoms with van der Waals surface area (Å²) in [6.45, 7) is 5.19. The molecule has 5 heteroatoms. The summed E-state index contributed by atoms with van der Waals surface area (Å²) in [7, 11) is 0. The van der Waals surface area contributed by atoms with Crippen molar-refractivity contribution in [1.29, 1.82) is 0 Å². The van der Waals surface area contributed by atoms with Gasteiger partial charge in [0.1, 0.15) is 5.69 Å². The summed E-state index contributed by atoms with van der Waals surface area (Å²) in [6, 6.07) is 4.22. The molecule has 0 aliphatic heterocycles. The maximum Gasteiger partial charge on any atom is 0.168 e. The van der Waals surface area contributed by atoms with Gasteiger partial charge >= 0.3 is 0 Å². The quantitative estimate of drug-likeness (QED) is 0.888. The van der Waals surface area contributed by atoms with Gasteiger partial charge < -0.3 is 5.32 Å². The molecule has 80 valence electrons. The fourth-order valence-corrected chi connectivity index (χ4v) is 2.73. The maximum absolute atomic E-state index is 4.33. The van der Waals surface area contributed by atoms with Crippen LogP contribution in [0.2, 0.25) is 0 Å². The molecule has 3 nitrogen and oxygen atoms in total. The lowest BCUT2D eigenvalue weighted by Crippen LogP contribution is -2.00. The van der Waals surface area contributed by atoms with E-state index in [9.17, 15) is 0 Å². The van der Waals surface area contributed by atoms with Crippen LogP contribution in [-0.2, 0) is 0 Å². The van der Waals surface area contributed by atoms with Crippen LogP contribution < -0.4 is 5.32 Å². The normalized spacial score (nSPS) is 10.5. The van der Waals surface area contributed by atoms with Gasteiger partial charge in [-0.3, -0.25) is 0 Å². The van der Waals surface area contributed by atoms with Crippen molar-refractivity contribution in [2.45, 2.75) is 20.3 Å². The first-order valence-corrected chi connectivity index (χ1v) is 6.49. The lowest BCUT2D eigenvalue weighted by molar-refractivity contribution is 0.974. The van der Waals surface area contributed by atoms with Gasteiger partial charge in [-0.05, 0) is 25.5 Å². The van der Waals surface area contributed by atoms with E-state index in [4.69, 9.17) is 0 Å². The van der Waals surface area contributed by atoms with E-state index < -0.39 is 0 Å². The van der Waals surface area contributed by atoms with E-state index >= 15 is 0 Å². The van der Waals surface area contributed by atoms with Crippen LogP contribution in [0.4, 0.5) is 5.82 Å². The molecule has 0 saturated heterocycles. The number of nitrogens with one attached hydrogen (secondary N) is 1. The minimum atomic E-state index is 0.920. The Morgan fingerprint density at radius 3 is 2.87 bits per heavy atom. The van der Waals surface area contributed by atoms with Crippen LogP contribution in [0.15, 0.2) is 12.1 Å². The number of anilines is 1. The van der Waals surface area contributed by atoms with Gasteiger partial charge in [0.05, 0.1) is 16.6 Å². The number of thiophene rings is 1. The molecule has 0 radical (unpaired) electrons. The van der Waals surface area contributed by atoms with Gasteiger partial charge in [0.2, 0.25) is 0 Å². The average Bonchev–Trinajstić information content (AvgIpc) is 2.82. The van der Waals surface area contributed by atoms with Gasteiger partial charge in [0.15, 0.2) is 5.82 Å². The molecule has 2 rings (SSSR count). The van der Waals surface area contributed by atoms with E-state index in [-0.39, 0.29) is 0 Å². The Labute approximate surface area is 97.5 Å². The van der Waals surface area contributed by atoms with Crippen molar-refractivity contribution in [3.63, 3.8) is 0 Å². The molecule has 0 unspecified atom stereocenters. The number of aromatic nitrogens is 2. The van der Waals surface area contributed by atoms with E-state index in [0.29, 0.717) is 0 Å². The Bertz CT molecular complexity index is 433. The maximum atomic E-state index is 4.33. The molecule has 2 aromatic rings. The topological polar surface area (TPSA) is 37.8 Å². The van der Waals surface area contributed by atoms with E-state index in [2.05, 4.69) is 40.0 Å². The predicted molar refractivity (Wildman–Crippen MR) is 66.7 cm³/mol. The highest BCUT2D eigenvalue weighted by atomic mass is 32.1. The minimum absolute atomic E-state index is 0.920. The fraction of sp³-hybridized carbons (Fsp3) is 0.400. The van der Waals surface area contributed by atoms with Crippen molar-refractivity contribution >= 4 is 28.9 Å². The van der Waals surface area contributed by atoms with Crippen LogP contribution in [0, 0.1) is 6.92 Å². The number of rotatable bonds is 4. The van der Waals surface area contributed by atoms with Gasteiger partial charge in [0.25, 0.3) is 0 Å². The summed E-state index contributed by atoms with van der Waals surface area (Å²) < 4.78 is 8.60. The van der Waals surface area contributed by atoms with Gasteiger partial charge in [-0.25, -0.2) is 0 Å². The summed E-state index contributed by atoms with van der Waals surface area (Å²) in [5.74, 6) is 0.920. The highest BCUT2D eigenvalue weighted by Crippen LogP contribution is 2.31. The van der Waals surface area contributed by atoms with Gasteiger partial charge in [0, 0.05) is 11.4 Å². The third kappa shape index (κ3) is 2.35. The molecule has 2 aromatic heterocycles. The highest BCUT2D eigenvalue weighted by Gasteiger charge is 2.11. The molecule has 2 heterocycles. The summed E-state index contributed by atoms with van der Waals surface area (Å²) in [5, 5.41) is 3.29. The summed E-state index contributed by atoms with van der Waals surface area (Å²) in [5.41, 5.74) is 0.992. The fourth-order valence-electron chi connectivity index (χ4n) is 1.27. The molecular weight excluding hydrogens is 226 g/mol. The number of nitrogens with zero attached hydrogens (tertiary/aromatic N) is 2. The molecule has 15 heavy (non-hydrogen) atoms. The molecule has 0 fully saturated rings. The Kier molecular flexibility index (Phi) is 3.33. The number of aryl methyl sites for hydroxylation is 1. The third-order valence-corrected chi connectivity index (χ3v) is 3.54. The van der Waals surface area contributed by atoms with Crippen LogP contribution in [-0.4, -0.2) is 15.3 Å². The summed E-state index contributed by atoms with van der Waals surface area (Å²) >= 11 is 3.02. The zero-order valence-corrected chi connectivity index (χ0v) is 10.4. The molecular formula is C10H13N3S2. The second kappa shape index (κ2) is 4.72. The smallest absolute Gasteiger partial charge is 0.168 e. The van der Waals surface area contributed by atoms with Crippen LogP contribution in [0.1, 0.15) is 18.2 Å². The van der Waals surface area contributed by atoms with E-state index in [1.54, 1.807) is 11.3 Å². The van der Waals surface area contributed by atoms with Gasteiger partial charge in [-0.15, -0.1) is 11.3 Å². The molecule has 0 aliphatic rings. The SMILES string of the molecule is CCCNc1nsnc1-c1ccc(C)s1. The molecule has 0 atom stereocenters. The second-order valence-corrected chi connectivity index (χ2v) is 5.11. The summed E-state index contributed by atoms with van der Waals surface area (Å²) in [4.78, 5) is 2.50. The highest BCUT2D eigenvalue weighted by molar-refractivity contribution is 7.15. The van der Waals surface area contributed by atoms with E-state index in [1.165, 1.54) is 21.5 Å². The molecule has 0 saturated carbocycles. The first-order valence-electron chi connectivity index (χ1n) is 4.94. The van der Waals surface area contributed by atoms with Gasteiger partial charge in [-0.2, -0.15) is 8.75 Å². The summed E-state index contributed by atoms with van der Waals surface area (Å²) in [6.07, 6.45) is 1.10. The Morgan fingerprint density at radius 2 is 2.20 bits per heavy atom. The Morgan fingerprint density at radius 1 is 1.33 bits per heavy atom.